The predicted octanol–water partition coefficient (Wildman–Crippen LogP) is 3.74. The number of anilines is 1. The molecule has 1 amide bonds. The van der Waals surface area contributed by atoms with Crippen LogP contribution in [0.25, 0.3) is 0 Å². The zero-order valence-electron chi connectivity index (χ0n) is 17.3. The minimum Gasteiger partial charge on any atom is -0.326 e. The Bertz CT molecular complexity index is 978. The lowest BCUT2D eigenvalue weighted by atomic mass is 9.86. The van der Waals surface area contributed by atoms with Crippen LogP contribution in [0, 0.1) is 5.92 Å². The topological polar surface area (TPSA) is 92.3 Å². The molecular formula is C23H28N2O4S. The predicted molar refractivity (Wildman–Crippen MR) is 118 cm³/mol. The van der Waals surface area contributed by atoms with E-state index in [0.717, 1.165) is 0 Å². The fourth-order valence-corrected chi connectivity index (χ4v) is 4.52. The number of benzene rings is 2. The Morgan fingerprint density at radius 3 is 2.00 bits per heavy atom. The Morgan fingerprint density at radius 2 is 1.43 bits per heavy atom. The summed E-state index contributed by atoms with van der Waals surface area (Å²) in [5, 5.41) is 2.45. The number of amides is 1. The molecule has 1 aliphatic carbocycles. The summed E-state index contributed by atoms with van der Waals surface area (Å²) in [4.78, 5) is 25.1. The lowest BCUT2D eigenvalue weighted by Crippen LogP contribution is -2.42. The molecule has 6 nitrogen and oxygen atoms in total. The van der Waals surface area contributed by atoms with Gasteiger partial charge >= 0.3 is 0 Å². The van der Waals surface area contributed by atoms with Gasteiger partial charge < -0.3 is 5.32 Å². The Morgan fingerprint density at radius 1 is 0.867 bits per heavy atom. The molecule has 0 radical (unpaired) electrons. The van der Waals surface area contributed by atoms with Crippen LogP contribution in [0.5, 0.6) is 0 Å². The van der Waals surface area contributed by atoms with Crippen molar-refractivity contribution in [3.05, 3.63) is 65.7 Å². The van der Waals surface area contributed by atoms with E-state index in [1.807, 2.05) is 18.2 Å². The zero-order chi connectivity index (χ0) is 21.7. The quantitative estimate of drug-likeness (QED) is 0.657. The van der Waals surface area contributed by atoms with Gasteiger partial charge in [-0.25, -0.2) is 13.1 Å². The normalized spacial score (nSPS) is 19.4. The SMILES string of the molecule is CC(C)S(=O)(=O)N[C@H]1CC[C@H](C(=O)Nc2ccc(C(=O)c3ccccc3)cc2)CC1. The molecule has 0 aliphatic heterocycles. The Labute approximate surface area is 178 Å². The third-order valence-corrected chi connectivity index (χ3v) is 7.40. The zero-order valence-corrected chi connectivity index (χ0v) is 18.1. The molecular weight excluding hydrogens is 400 g/mol. The van der Waals surface area contributed by atoms with E-state index in [-0.39, 0.29) is 23.7 Å². The van der Waals surface area contributed by atoms with Gasteiger partial charge in [0.05, 0.1) is 5.25 Å². The molecule has 0 aromatic heterocycles. The highest BCUT2D eigenvalue weighted by molar-refractivity contribution is 7.90. The van der Waals surface area contributed by atoms with Crippen LogP contribution in [-0.2, 0) is 14.8 Å². The van der Waals surface area contributed by atoms with E-state index in [1.54, 1.807) is 50.2 Å². The maximum absolute atomic E-state index is 12.6. The molecule has 0 spiro atoms. The highest BCUT2D eigenvalue weighted by Gasteiger charge is 2.29. The molecule has 2 N–H and O–H groups in total. The number of ketones is 1. The smallest absolute Gasteiger partial charge is 0.227 e. The molecule has 0 bridgehead atoms. The summed E-state index contributed by atoms with van der Waals surface area (Å²) >= 11 is 0. The second-order valence-electron chi connectivity index (χ2n) is 8.02. The summed E-state index contributed by atoms with van der Waals surface area (Å²) in [5.74, 6) is -0.270. The Kier molecular flexibility index (Phi) is 7.05. The van der Waals surface area contributed by atoms with Gasteiger partial charge in [0.15, 0.2) is 5.78 Å². The van der Waals surface area contributed by atoms with Gasteiger partial charge in [-0.05, 0) is 63.8 Å². The van der Waals surface area contributed by atoms with Gasteiger partial charge in [-0.2, -0.15) is 0 Å². The van der Waals surface area contributed by atoms with Crippen molar-refractivity contribution in [2.45, 2.75) is 50.8 Å². The Hall–Kier alpha value is -2.51. The van der Waals surface area contributed by atoms with Crippen LogP contribution < -0.4 is 10.0 Å². The van der Waals surface area contributed by atoms with Crippen molar-refractivity contribution < 1.29 is 18.0 Å². The fraction of sp³-hybridized carbons (Fsp3) is 0.391. The van der Waals surface area contributed by atoms with E-state index >= 15 is 0 Å². The first kappa shape index (κ1) is 22.2. The minimum atomic E-state index is -3.29. The first-order chi connectivity index (χ1) is 14.3. The molecule has 160 valence electrons. The van der Waals surface area contributed by atoms with Crippen molar-refractivity contribution in [1.82, 2.24) is 4.72 Å². The van der Waals surface area contributed by atoms with Gasteiger partial charge in [0, 0.05) is 28.8 Å². The third kappa shape index (κ3) is 5.55. The summed E-state index contributed by atoms with van der Waals surface area (Å²) in [6, 6.07) is 15.8. The van der Waals surface area contributed by atoms with E-state index in [2.05, 4.69) is 10.0 Å². The Balaban J connectivity index is 1.53. The van der Waals surface area contributed by atoms with E-state index < -0.39 is 15.3 Å². The molecule has 7 heteroatoms. The molecule has 0 atom stereocenters. The van der Waals surface area contributed by atoms with E-state index in [1.165, 1.54) is 0 Å². The number of nitrogens with one attached hydrogen (secondary N) is 2. The first-order valence-electron chi connectivity index (χ1n) is 10.3. The number of rotatable bonds is 7. The number of hydrogen-bond donors (Lipinski definition) is 2. The van der Waals surface area contributed by atoms with Crippen LogP contribution in [0.4, 0.5) is 5.69 Å². The number of hydrogen-bond acceptors (Lipinski definition) is 4. The van der Waals surface area contributed by atoms with Gasteiger partial charge in [0.2, 0.25) is 15.9 Å². The fourth-order valence-electron chi connectivity index (χ4n) is 3.55. The summed E-state index contributed by atoms with van der Waals surface area (Å²) in [5.41, 5.74) is 1.84. The maximum Gasteiger partial charge on any atom is 0.227 e. The molecule has 0 heterocycles. The minimum absolute atomic E-state index is 0.0596. The maximum atomic E-state index is 12.6. The van der Waals surface area contributed by atoms with Gasteiger partial charge in [0.1, 0.15) is 0 Å². The number of carbonyl (C=O) groups excluding carboxylic acids is 2. The average molecular weight is 429 g/mol. The number of carbonyl (C=O) groups is 2. The molecule has 1 aliphatic rings. The van der Waals surface area contributed by atoms with E-state index in [9.17, 15) is 18.0 Å². The summed E-state index contributed by atoms with van der Waals surface area (Å²) in [6.07, 6.45) is 2.58. The standard InChI is InChI=1S/C23H28N2O4S/c1-16(2)30(28,29)25-21-14-10-19(11-15-21)23(27)24-20-12-8-18(9-13-20)22(26)17-6-4-3-5-7-17/h3-9,12-13,16,19,21,25H,10-11,14-15H2,1-2H3,(H,24,27)/t19-,21-. The van der Waals surface area contributed by atoms with Gasteiger partial charge in [-0.1, -0.05) is 30.3 Å². The van der Waals surface area contributed by atoms with Crippen LogP contribution in [0.1, 0.15) is 55.5 Å². The lowest BCUT2D eigenvalue weighted by molar-refractivity contribution is -0.120. The van der Waals surface area contributed by atoms with Crippen molar-refractivity contribution in [3.63, 3.8) is 0 Å². The average Bonchev–Trinajstić information content (AvgIpc) is 2.74. The van der Waals surface area contributed by atoms with Gasteiger partial charge in [0.25, 0.3) is 0 Å². The van der Waals surface area contributed by atoms with Crippen molar-refractivity contribution in [3.8, 4) is 0 Å². The molecule has 2 aromatic rings. The van der Waals surface area contributed by atoms with Crippen LogP contribution in [0.2, 0.25) is 0 Å². The van der Waals surface area contributed by atoms with Gasteiger partial charge in [-0.15, -0.1) is 0 Å². The molecule has 0 saturated heterocycles. The van der Waals surface area contributed by atoms with Crippen LogP contribution in [0.15, 0.2) is 54.6 Å². The lowest BCUT2D eigenvalue weighted by Gasteiger charge is -2.28. The van der Waals surface area contributed by atoms with E-state index in [0.29, 0.717) is 42.5 Å². The number of sulfonamides is 1. The largest absolute Gasteiger partial charge is 0.326 e. The van der Waals surface area contributed by atoms with Crippen molar-refractivity contribution in [2.24, 2.45) is 5.92 Å². The molecule has 1 fully saturated rings. The second kappa shape index (κ2) is 9.53. The van der Waals surface area contributed by atoms with Crippen LogP contribution in [-0.4, -0.2) is 31.4 Å². The second-order valence-corrected chi connectivity index (χ2v) is 10.3. The molecule has 3 rings (SSSR count). The monoisotopic (exact) mass is 428 g/mol. The summed E-state index contributed by atoms with van der Waals surface area (Å²) in [7, 11) is -3.29. The third-order valence-electron chi connectivity index (χ3n) is 5.50. The van der Waals surface area contributed by atoms with Gasteiger partial charge in [-0.3, -0.25) is 9.59 Å². The molecule has 1 saturated carbocycles. The highest BCUT2D eigenvalue weighted by Crippen LogP contribution is 2.26. The summed E-state index contributed by atoms with van der Waals surface area (Å²) in [6.45, 7) is 3.31. The van der Waals surface area contributed by atoms with Crippen molar-refractivity contribution in [1.29, 1.82) is 0 Å². The molecule has 2 aromatic carbocycles. The first-order valence-corrected chi connectivity index (χ1v) is 11.8. The van der Waals surface area contributed by atoms with Crippen LogP contribution >= 0.6 is 0 Å². The molecule has 30 heavy (non-hydrogen) atoms. The summed E-state index contributed by atoms with van der Waals surface area (Å²) < 4.78 is 26.8. The van der Waals surface area contributed by atoms with Crippen molar-refractivity contribution >= 4 is 27.4 Å². The van der Waals surface area contributed by atoms with Crippen LogP contribution in [0.3, 0.4) is 0 Å². The van der Waals surface area contributed by atoms with Crippen molar-refractivity contribution in [2.75, 3.05) is 5.32 Å². The van der Waals surface area contributed by atoms with E-state index in [4.69, 9.17) is 0 Å². The molecule has 0 unspecified atom stereocenters. The highest BCUT2D eigenvalue weighted by atomic mass is 32.2.